The zero-order valence-corrected chi connectivity index (χ0v) is 9.21. The molecule has 0 heterocycles. The van der Waals surface area contributed by atoms with Crippen LogP contribution in [0.5, 0.6) is 5.75 Å². The number of ether oxygens (including phenoxy) is 2. The lowest BCUT2D eigenvalue weighted by molar-refractivity contribution is 0.128. The number of methoxy groups -OCH3 is 2. The van der Waals surface area contributed by atoms with Crippen molar-refractivity contribution in [3.8, 4) is 5.75 Å². The molecule has 1 N–H and O–H groups in total. The highest BCUT2D eigenvalue weighted by Crippen LogP contribution is 2.20. The van der Waals surface area contributed by atoms with E-state index in [0.29, 0.717) is 18.0 Å². The average Bonchev–Trinajstić information content (AvgIpc) is 2.27. The first-order valence-electron chi connectivity index (χ1n) is 4.77. The molecule has 84 valence electrons. The number of rotatable bonds is 5. The fourth-order valence-electron chi connectivity index (χ4n) is 1.10. The molecule has 3 nitrogen and oxygen atoms in total. The monoisotopic (exact) mass is 213 g/mol. The number of nitrogens with one attached hydrogen (secondary N) is 1. The van der Waals surface area contributed by atoms with E-state index in [2.05, 4.69) is 5.32 Å². The van der Waals surface area contributed by atoms with Gasteiger partial charge in [0.25, 0.3) is 0 Å². The van der Waals surface area contributed by atoms with Crippen LogP contribution in [0.2, 0.25) is 0 Å². The molecule has 0 saturated heterocycles. The molecule has 0 aromatic heterocycles. The van der Waals surface area contributed by atoms with Crippen LogP contribution in [0.1, 0.15) is 6.92 Å². The second-order valence-corrected chi connectivity index (χ2v) is 3.27. The highest BCUT2D eigenvalue weighted by atomic mass is 19.1. The first kappa shape index (κ1) is 11.8. The van der Waals surface area contributed by atoms with Gasteiger partial charge in [-0.25, -0.2) is 4.39 Å². The smallest absolute Gasteiger partial charge is 0.146 e. The highest BCUT2D eigenvalue weighted by molar-refractivity contribution is 5.49. The van der Waals surface area contributed by atoms with Gasteiger partial charge in [0.05, 0.1) is 18.9 Å². The molecular weight excluding hydrogens is 197 g/mol. The predicted octanol–water partition coefficient (Wildman–Crippen LogP) is 2.28. The van der Waals surface area contributed by atoms with Gasteiger partial charge in [-0.05, 0) is 19.1 Å². The third-order valence-electron chi connectivity index (χ3n) is 2.16. The number of anilines is 1. The van der Waals surface area contributed by atoms with E-state index in [1.807, 2.05) is 6.92 Å². The van der Waals surface area contributed by atoms with E-state index in [1.165, 1.54) is 6.07 Å². The molecule has 1 atom stereocenters. The SMILES string of the molecule is COc1ccc(F)c(NCC(C)OC)c1. The molecule has 0 spiro atoms. The van der Waals surface area contributed by atoms with E-state index >= 15 is 0 Å². The van der Waals surface area contributed by atoms with Crippen molar-refractivity contribution >= 4 is 5.69 Å². The van der Waals surface area contributed by atoms with Crippen molar-refractivity contribution in [3.05, 3.63) is 24.0 Å². The maximum atomic E-state index is 13.3. The molecule has 15 heavy (non-hydrogen) atoms. The van der Waals surface area contributed by atoms with Gasteiger partial charge in [-0.1, -0.05) is 0 Å². The third kappa shape index (κ3) is 3.40. The Labute approximate surface area is 89.2 Å². The summed E-state index contributed by atoms with van der Waals surface area (Å²) in [5.41, 5.74) is 0.429. The Morgan fingerprint density at radius 1 is 1.40 bits per heavy atom. The van der Waals surface area contributed by atoms with E-state index in [1.54, 1.807) is 26.4 Å². The van der Waals surface area contributed by atoms with Crippen molar-refractivity contribution in [2.24, 2.45) is 0 Å². The molecule has 1 aromatic carbocycles. The van der Waals surface area contributed by atoms with Gasteiger partial charge in [0.15, 0.2) is 0 Å². The zero-order chi connectivity index (χ0) is 11.3. The Hall–Kier alpha value is -1.29. The maximum Gasteiger partial charge on any atom is 0.146 e. The average molecular weight is 213 g/mol. The molecule has 0 fully saturated rings. The normalized spacial score (nSPS) is 12.3. The van der Waals surface area contributed by atoms with Crippen LogP contribution < -0.4 is 10.1 Å². The Balaban J connectivity index is 2.66. The molecule has 0 aliphatic rings. The summed E-state index contributed by atoms with van der Waals surface area (Å²) in [5.74, 6) is 0.336. The third-order valence-corrected chi connectivity index (χ3v) is 2.16. The predicted molar refractivity (Wildman–Crippen MR) is 57.9 cm³/mol. The molecule has 1 rings (SSSR count). The number of benzene rings is 1. The number of halogens is 1. The standard InChI is InChI=1S/C11H16FNO2/c1-8(14-2)7-13-11-6-9(15-3)4-5-10(11)12/h4-6,8,13H,7H2,1-3H3. The molecular formula is C11H16FNO2. The molecule has 0 bridgehead atoms. The molecule has 0 radical (unpaired) electrons. The van der Waals surface area contributed by atoms with Crippen LogP contribution in [0, 0.1) is 5.82 Å². The summed E-state index contributed by atoms with van der Waals surface area (Å²) in [5, 5.41) is 2.96. The Morgan fingerprint density at radius 3 is 2.73 bits per heavy atom. The minimum atomic E-state index is -0.292. The Morgan fingerprint density at radius 2 is 2.13 bits per heavy atom. The number of hydrogen-bond acceptors (Lipinski definition) is 3. The van der Waals surface area contributed by atoms with E-state index in [0.717, 1.165) is 0 Å². The van der Waals surface area contributed by atoms with Crippen molar-refractivity contribution in [1.82, 2.24) is 0 Å². The summed E-state index contributed by atoms with van der Waals surface area (Å²) < 4.78 is 23.4. The summed E-state index contributed by atoms with van der Waals surface area (Å²) in [6.45, 7) is 2.46. The minimum Gasteiger partial charge on any atom is -0.497 e. The van der Waals surface area contributed by atoms with Crippen molar-refractivity contribution in [2.75, 3.05) is 26.1 Å². The second-order valence-electron chi connectivity index (χ2n) is 3.27. The Kier molecular flexibility index (Phi) is 4.37. The van der Waals surface area contributed by atoms with E-state index < -0.39 is 0 Å². The van der Waals surface area contributed by atoms with Gasteiger partial charge in [-0.3, -0.25) is 0 Å². The van der Waals surface area contributed by atoms with Crippen molar-refractivity contribution < 1.29 is 13.9 Å². The van der Waals surface area contributed by atoms with Crippen LogP contribution in [-0.2, 0) is 4.74 Å². The molecule has 0 aliphatic heterocycles. The van der Waals surface area contributed by atoms with E-state index in [4.69, 9.17) is 9.47 Å². The fraction of sp³-hybridized carbons (Fsp3) is 0.455. The highest BCUT2D eigenvalue weighted by Gasteiger charge is 2.05. The maximum absolute atomic E-state index is 13.3. The first-order valence-corrected chi connectivity index (χ1v) is 4.77. The summed E-state index contributed by atoms with van der Waals surface area (Å²) in [4.78, 5) is 0. The quantitative estimate of drug-likeness (QED) is 0.814. The Bertz CT molecular complexity index is 317. The minimum absolute atomic E-state index is 0.0376. The van der Waals surface area contributed by atoms with Gasteiger partial charge in [0, 0.05) is 19.7 Å². The van der Waals surface area contributed by atoms with Gasteiger partial charge in [-0.15, -0.1) is 0 Å². The topological polar surface area (TPSA) is 30.5 Å². The summed E-state index contributed by atoms with van der Waals surface area (Å²) in [6.07, 6.45) is 0.0376. The lowest BCUT2D eigenvalue weighted by atomic mass is 10.2. The zero-order valence-electron chi connectivity index (χ0n) is 9.21. The second kappa shape index (κ2) is 5.56. The fourth-order valence-corrected chi connectivity index (χ4v) is 1.10. The summed E-state index contributed by atoms with van der Waals surface area (Å²) >= 11 is 0. The van der Waals surface area contributed by atoms with Gasteiger partial charge in [0.2, 0.25) is 0 Å². The van der Waals surface area contributed by atoms with Crippen LogP contribution in [-0.4, -0.2) is 26.9 Å². The van der Waals surface area contributed by atoms with E-state index in [9.17, 15) is 4.39 Å². The van der Waals surface area contributed by atoms with Gasteiger partial charge < -0.3 is 14.8 Å². The van der Waals surface area contributed by atoms with Crippen LogP contribution in [0.4, 0.5) is 10.1 Å². The van der Waals surface area contributed by atoms with Gasteiger partial charge in [0.1, 0.15) is 11.6 Å². The molecule has 0 saturated carbocycles. The number of hydrogen-bond donors (Lipinski definition) is 1. The van der Waals surface area contributed by atoms with Crippen molar-refractivity contribution in [3.63, 3.8) is 0 Å². The molecule has 1 aromatic rings. The lowest BCUT2D eigenvalue weighted by Crippen LogP contribution is -2.18. The molecule has 0 amide bonds. The van der Waals surface area contributed by atoms with Crippen LogP contribution in [0.25, 0.3) is 0 Å². The summed E-state index contributed by atoms with van der Waals surface area (Å²) in [7, 11) is 3.17. The van der Waals surface area contributed by atoms with Crippen molar-refractivity contribution in [1.29, 1.82) is 0 Å². The first-order chi connectivity index (χ1) is 7.17. The molecule has 1 unspecified atom stereocenters. The van der Waals surface area contributed by atoms with Gasteiger partial charge in [-0.2, -0.15) is 0 Å². The van der Waals surface area contributed by atoms with Crippen LogP contribution in [0.15, 0.2) is 18.2 Å². The largest absolute Gasteiger partial charge is 0.497 e. The summed E-state index contributed by atoms with van der Waals surface area (Å²) in [6, 6.07) is 4.58. The lowest BCUT2D eigenvalue weighted by Gasteiger charge is -2.13. The van der Waals surface area contributed by atoms with Gasteiger partial charge >= 0.3 is 0 Å². The van der Waals surface area contributed by atoms with Crippen LogP contribution in [0.3, 0.4) is 0 Å². The molecule has 4 heteroatoms. The van der Waals surface area contributed by atoms with E-state index in [-0.39, 0.29) is 11.9 Å². The molecule has 0 aliphatic carbocycles. The van der Waals surface area contributed by atoms with Crippen molar-refractivity contribution in [2.45, 2.75) is 13.0 Å². The van der Waals surface area contributed by atoms with Crippen LogP contribution >= 0.6 is 0 Å².